The minimum Gasteiger partial charge on any atom is -0.351 e. The van der Waals surface area contributed by atoms with Gasteiger partial charge in [-0.3, -0.25) is 9.69 Å². The summed E-state index contributed by atoms with van der Waals surface area (Å²) in [4.78, 5) is 18.9. The van der Waals surface area contributed by atoms with Crippen molar-refractivity contribution in [3.8, 4) is 0 Å². The maximum atomic E-state index is 12.9. The third-order valence-electron chi connectivity index (χ3n) is 5.46. The number of imidazole rings is 1. The molecule has 1 saturated heterocycles. The Morgan fingerprint density at radius 1 is 1.11 bits per heavy atom. The third-order valence-corrected chi connectivity index (χ3v) is 5.46. The zero-order chi connectivity index (χ0) is 19.3. The summed E-state index contributed by atoms with van der Waals surface area (Å²) in [6.45, 7) is 3.69. The summed E-state index contributed by atoms with van der Waals surface area (Å²) < 4.78 is 15.2. The monoisotopic (exact) mass is 380 g/mol. The van der Waals surface area contributed by atoms with Gasteiger partial charge in [-0.15, -0.1) is 0 Å². The number of nitrogens with one attached hydrogen (secondary N) is 1. The number of benzene rings is 2. The maximum absolute atomic E-state index is 12.9. The van der Waals surface area contributed by atoms with E-state index in [0.29, 0.717) is 19.0 Å². The molecule has 1 fully saturated rings. The number of amides is 1. The number of rotatable bonds is 6. The first kappa shape index (κ1) is 18.6. The highest BCUT2D eigenvalue weighted by atomic mass is 19.1. The molecule has 1 aliphatic heterocycles. The van der Waals surface area contributed by atoms with E-state index in [0.717, 1.165) is 43.6 Å². The molecule has 1 N–H and O–H groups in total. The number of hydrogen-bond acceptors (Lipinski definition) is 3. The summed E-state index contributed by atoms with van der Waals surface area (Å²) in [5.74, 6) is 0.362. The lowest BCUT2D eigenvalue weighted by Gasteiger charge is -2.31. The van der Waals surface area contributed by atoms with Gasteiger partial charge in [-0.1, -0.05) is 24.3 Å². The van der Waals surface area contributed by atoms with Crippen molar-refractivity contribution >= 4 is 16.9 Å². The number of para-hydroxylation sites is 2. The van der Waals surface area contributed by atoms with Crippen LogP contribution in [0, 0.1) is 11.7 Å². The lowest BCUT2D eigenvalue weighted by molar-refractivity contribution is -0.122. The average Bonchev–Trinajstić information content (AvgIpc) is 3.12. The fraction of sp³-hybridized carbons (Fsp3) is 0.364. The van der Waals surface area contributed by atoms with E-state index in [9.17, 15) is 9.18 Å². The molecular formula is C22H25FN4O. The number of aromatic nitrogens is 2. The lowest BCUT2D eigenvalue weighted by Crippen LogP contribution is -2.41. The molecule has 0 radical (unpaired) electrons. The van der Waals surface area contributed by atoms with Gasteiger partial charge < -0.3 is 9.88 Å². The van der Waals surface area contributed by atoms with E-state index in [1.165, 1.54) is 17.6 Å². The van der Waals surface area contributed by atoms with Crippen molar-refractivity contribution in [3.63, 3.8) is 0 Å². The minimum absolute atomic E-state index is 0.0170. The highest BCUT2D eigenvalue weighted by molar-refractivity contribution is 5.78. The standard InChI is InChI=1S/C22H25FN4O/c23-19-7-5-17(6-8-19)13-24-22(28)15-26-11-9-18(10-12-26)14-27-16-25-20-3-1-2-4-21(20)27/h1-8,16,18H,9-15H2,(H,24,28). The van der Waals surface area contributed by atoms with Gasteiger partial charge in [-0.2, -0.15) is 0 Å². The predicted molar refractivity (Wildman–Crippen MR) is 107 cm³/mol. The normalized spacial score (nSPS) is 15.8. The smallest absolute Gasteiger partial charge is 0.234 e. The molecule has 2 heterocycles. The predicted octanol–water partition coefficient (Wildman–Crippen LogP) is 3.20. The van der Waals surface area contributed by atoms with Crippen molar-refractivity contribution in [1.29, 1.82) is 0 Å². The number of fused-ring (bicyclic) bond motifs is 1. The van der Waals surface area contributed by atoms with E-state index >= 15 is 0 Å². The van der Waals surface area contributed by atoms with Crippen molar-refractivity contribution in [2.75, 3.05) is 19.6 Å². The molecule has 146 valence electrons. The number of halogens is 1. The molecule has 0 aliphatic carbocycles. The van der Waals surface area contributed by atoms with Crippen LogP contribution in [0.3, 0.4) is 0 Å². The zero-order valence-electron chi connectivity index (χ0n) is 15.9. The van der Waals surface area contributed by atoms with Gasteiger partial charge in [0.2, 0.25) is 5.91 Å². The fourth-order valence-electron chi connectivity index (χ4n) is 3.82. The van der Waals surface area contributed by atoms with Crippen LogP contribution in [0.1, 0.15) is 18.4 Å². The molecule has 0 spiro atoms. The molecule has 2 aromatic carbocycles. The van der Waals surface area contributed by atoms with Gasteiger partial charge in [0.1, 0.15) is 5.82 Å². The molecule has 0 saturated carbocycles. The third kappa shape index (κ3) is 4.57. The first-order chi connectivity index (χ1) is 13.7. The molecule has 6 heteroatoms. The Morgan fingerprint density at radius 2 is 1.86 bits per heavy atom. The highest BCUT2D eigenvalue weighted by Crippen LogP contribution is 2.21. The van der Waals surface area contributed by atoms with Crippen LogP contribution in [0.5, 0.6) is 0 Å². The topological polar surface area (TPSA) is 50.2 Å². The zero-order valence-corrected chi connectivity index (χ0v) is 15.9. The Kier molecular flexibility index (Phi) is 5.67. The number of hydrogen-bond donors (Lipinski definition) is 1. The second-order valence-corrected chi connectivity index (χ2v) is 7.51. The Morgan fingerprint density at radius 3 is 2.64 bits per heavy atom. The average molecular weight is 380 g/mol. The van der Waals surface area contributed by atoms with Crippen LogP contribution < -0.4 is 5.32 Å². The van der Waals surface area contributed by atoms with Crippen molar-refractivity contribution < 1.29 is 9.18 Å². The van der Waals surface area contributed by atoms with Crippen LogP contribution in [0.4, 0.5) is 4.39 Å². The first-order valence-corrected chi connectivity index (χ1v) is 9.81. The van der Waals surface area contributed by atoms with Crippen LogP contribution in [0.2, 0.25) is 0 Å². The maximum Gasteiger partial charge on any atom is 0.234 e. The number of likely N-dealkylation sites (tertiary alicyclic amines) is 1. The molecule has 1 aromatic heterocycles. The van der Waals surface area contributed by atoms with Gasteiger partial charge in [0.25, 0.3) is 0 Å². The molecule has 4 rings (SSSR count). The summed E-state index contributed by atoms with van der Waals surface area (Å²) in [5.41, 5.74) is 3.13. The largest absolute Gasteiger partial charge is 0.351 e. The Bertz CT molecular complexity index is 929. The number of carbonyl (C=O) groups excluding carboxylic acids is 1. The van der Waals surface area contributed by atoms with Crippen molar-refractivity contribution in [3.05, 3.63) is 66.2 Å². The van der Waals surface area contributed by atoms with Gasteiger partial charge in [-0.05, 0) is 61.7 Å². The Hall–Kier alpha value is -2.73. The molecule has 1 amide bonds. The fourth-order valence-corrected chi connectivity index (χ4v) is 3.82. The molecule has 3 aromatic rings. The van der Waals surface area contributed by atoms with E-state index in [-0.39, 0.29) is 11.7 Å². The second-order valence-electron chi connectivity index (χ2n) is 7.51. The quantitative estimate of drug-likeness (QED) is 0.714. The molecule has 28 heavy (non-hydrogen) atoms. The van der Waals surface area contributed by atoms with E-state index in [1.807, 2.05) is 24.5 Å². The molecule has 1 aliphatic rings. The Balaban J connectivity index is 1.21. The van der Waals surface area contributed by atoms with E-state index < -0.39 is 0 Å². The van der Waals surface area contributed by atoms with Crippen LogP contribution >= 0.6 is 0 Å². The summed E-state index contributed by atoms with van der Waals surface area (Å²) in [6, 6.07) is 14.4. The van der Waals surface area contributed by atoms with E-state index in [1.54, 1.807) is 12.1 Å². The van der Waals surface area contributed by atoms with E-state index in [4.69, 9.17) is 0 Å². The summed E-state index contributed by atoms with van der Waals surface area (Å²) in [5, 5.41) is 2.92. The van der Waals surface area contributed by atoms with E-state index in [2.05, 4.69) is 25.8 Å². The van der Waals surface area contributed by atoms with Crippen molar-refractivity contribution in [1.82, 2.24) is 19.8 Å². The summed E-state index contributed by atoms with van der Waals surface area (Å²) in [7, 11) is 0. The summed E-state index contributed by atoms with van der Waals surface area (Å²) >= 11 is 0. The number of carbonyl (C=O) groups is 1. The SMILES string of the molecule is O=C(CN1CCC(Cn2cnc3ccccc32)CC1)NCc1ccc(F)cc1. The van der Waals surface area contributed by atoms with Gasteiger partial charge in [0.15, 0.2) is 0 Å². The molecule has 0 bridgehead atoms. The van der Waals surface area contributed by atoms with Crippen molar-refractivity contribution in [2.45, 2.75) is 25.9 Å². The molecular weight excluding hydrogens is 355 g/mol. The van der Waals surface area contributed by atoms with Gasteiger partial charge in [0, 0.05) is 13.1 Å². The van der Waals surface area contributed by atoms with Crippen LogP contribution in [0.15, 0.2) is 54.9 Å². The highest BCUT2D eigenvalue weighted by Gasteiger charge is 2.21. The molecule has 0 atom stereocenters. The molecule has 5 nitrogen and oxygen atoms in total. The van der Waals surface area contributed by atoms with Crippen molar-refractivity contribution in [2.24, 2.45) is 5.92 Å². The molecule has 0 unspecified atom stereocenters. The van der Waals surface area contributed by atoms with Crippen LogP contribution in [0.25, 0.3) is 11.0 Å². The van der Waals surface area contributed by atoms with Gasteiger partial charge >= 0.3 is 0 Å². The van der Waals surface area contributed by atoms with Crippen LogP contribution in [-0.4, -0.2) is 40.0 Å². The van der Waals surface area contributed by atoms with Crippen LogP contribution in [-0.2, 0) is 17.9 Å². The minimum atomic E-state index is -0.262. The summed E-state index contributed by atoms with van der Waals surface area (Å²) in [6.07, 6.45) is 4.09. The number of piperidine rings is 1. The lowest BCUT2D eigenvalue weighted by atomic mass is 9.96. The van der Waals surface area contributed by atoms with Gasteiger partial charge in [0.05, 0.1) is 23.9 Å². The van der Waals surface area contributed by atoms with Gasteiger partial charge in [-0.25, -0.2) is 9.37 Å². The first-order valence-electron chi connectivity index (χ1n) is 9.81. The second kappa shape index (κ2) is 8.52. The Labute approximate surface area is 164 Å². The number of nitrogens with zero attached hydrogens (tertiary/aromatic N) is 3.